The summed E-state index contributed by atoms with van der Waals surface area (Å²) in [5.74, 6) is 0. The van der Waals surface area contributed by atoms with Gasteiger partial charge in [0.05, 0.1) is 0 Å². The van der Waals surface area contributed by atoms with Crippen LogP contribution in [0, 0.1) is 0 Å². The van der Waals surface area contributed by atoms with Crippen LogP contribution in [0.25, 0.3) is 0 Å². The first-order chi connectivity index (χ1) is 5.94. The molecule has 4 unspecified atom stereocenters. The molecule has 0 radical (unpaired) electrons. The summed E-state index contributed by atoms with van der Waals surface area (Å²) >= 11 is 0. The molecular formula is C12H14Cr. The SMILES string of the molecule is C[C]12[CH]3[CH]4[CH]5[C]1(C)[Cr]43521678[CH]2[CH]1[CH]6[CH]7[CH]28. The summed E-state index contributed by atoms with van der Waals surface area (Å²) in [5, 5.41) is 0. The number of fused-ring (bicyclic) bond motifs is 10. The predicted octanol–water partition coefficient (Wildman–Crippen LogP) is 4.16. The van der Waals surface area contributed by atoms with Crippen molar-refractivity contribution in [1.29, 1.82) is 0 Å². The van der Waals surface area contributed by atoms with Gasteiger partial charge in [0.25, 0.3) is 0 Å². The quantitative estimate of drug-likeness (QED) is 0.563. The van der Waals surface area contributed by atoms with E-state index in [-0.39, 0.29) is 0 Å². The van der Waals surface area contributed by atoms with Crippen LogP contribution in [0.15, 0.2) is 0 Å². The molecule has 1 heteroatoms. The first kappa shape index (κ1) is 4.19. The van der Waals surface area contributed by atoms with E-state index >= 15 is 0 Å². The third-order valence-electron chi connectivity index (χ3n) is 18.7. The maximum atomic E-state index is 2.83. The molecule has 4 atom stereocenters. The minimum absolute atomic E-state index is 1.14. The van der Waals surface area contributed by atoms with Gasteiger partial charge in [-0.2, -0.15) is 0 Å². The first-order valence-electron chi connectivity index (χ1n) is 6.45. The fourth-order valence-electron chi connectivity index (χ4n) is 21.8. The molecule has 68 valence electrons. The van der Waals surface area contributed by atoms with E-state index in [1.807, 2.05) is 0 Å². The second kappa shape index (κ2) is 0.251. The van der Waals surface area contributed by atoms with Crippen molar-refractivity contribution >= 4 is 0 Å². The van der Waals surface area contributed by atoms with Gasteiger partial charge in [0.1, 0.15) is 0 Å². The second-order valence-corrected chi connectivity index (χ2v) is 39.1. The number of rotatable bonds is 0. The Balaban J connectivity index is 2.20. The average Bonchev–Trinajstić information content (AvgIpc) is 3.02. The second-order valence-electron chi connectivity index (χ2n) is 11.6. The third-order valence-corrected chi connectivity index (χ3v) is 71.4. The maximum absolute atomic E-state index is 2.83. The van der Waals surface area contributed by atoms with Crippen LogP contribution in [0.2, 0.25) is 46.8 Å². The first-order valence-corrected chi connectivity index (χ1v) is 13.6. The van der Waals surface area contributed by atoms with E-state index in [1.165, 1.54) is 38.2 Å². The Morgan fingerprint density at radius 2 is 1.08 bits per heavy atom. The van der Waals surface area contributed by atoms with Crippen molar-refractivity contribution in [3.05, 3.63) is 0 Å². The van der Waals surface area contributed by atoms with Gasteiger partial charge in [-0.1, -0.05) is 0 Å². The Labute approximate surface area is 67.5 Å². The predicted molar refractivity (Wildman–Crippen MR) is 46.7 cm³/mol. The normalized spacial score (nSPS) is 158. The Morgan fingerprint density at radius 3 is 1.08 bits per heavy atom. The van der Waals surface area contributed by atoms with Gasteiger partial charge in [-0.15, -0.1) is 0 Å². The average molecular weight is 210 g/mol. The van der Waals surface area contributed by atoms with E-state index in [9.17, 15) is 0 Å². The van der Waals surface area contributed by atoms with Gasteiger partial charge < -0.3 is 0 Å². The zero-order valence-electron chi connectivity index (χ0n) is 8.03. The van der Waals surface area contributed by atoms with Crippen molar-refractivity contribution in [2.24, 2.45) is 0 Å². The van der Waals surface area contributed by atoms with E-state index in [1.54, 1.807) is 0 Å². The Hall–Kier alpha value is 0.532. The van der Waals surface area contributed by atoms with Crippen molar-refractivity contribution in [2.75, 3.05) is 0 Å². The fraction of sp³-hybridized carbons (Fsp3) is 1.00. The van der Waals surface area contributed by atoms with Crippen LogP contribution in [0.4, 0.5) is 0 Å². The molecular weight excluding hydrogens is 196 g/mol. The van der Waals surface area contributed by atoms with Crippen LogP contribution in [0.1, 0.15) is 13.8 Å². The Morgan fingerprint density at radius 1 is 0.692 bits per heavy atom. The summed E-state index contributed by atoms with van der Waals surface area (Å²) in [6.45, 7) is 2.86. The van der Waals surface area contributed by atoms with Crippen LogP contribution < -0.4 is 0 Å². The van der Waals surface area contributed by atoms with Crippen LogP contribution in [0.5, 0.6) is 0 Å². The third kappa shape index (κ3) is 0.0269. The summed E-state index contributed by atoms with van der Waals surface area (Å²) in [6, 6.07) is 0. The topological polar surface area (TPSA) is 0 Å². The number of hydrogen-bond acceptors (Lipinski definition) is 0. The summed E-state index contributed by atoms with van der Waals surface area (Å²) in [7, 11) is 0. The Bertz CT molecular complexity index is 815. The van der Waals surface area contributed by atoms with E-state index in [4.69, 9.17) is 0 Å². The molecule has 0 aromatic heterocycles. The van der Waals surface area contributed by atoms with Gasteiger partial charge in [-0.05, 0) is 0 Å². The number of hydrogen-bond donors (Lipinski definition) is 0. The van der Waals surface area contributed by atoms with Crippen molar-refractivity contribution in [3.63, 3.8) is 0 Å². The van der Waals surface area contributed by atoms with Gasteiger partial charge in [0, 0.05) is 0 Å². The molecule has 10 aliphatic heterocycles. The molecule has 0 saturated carbocycles. The summed E-state index contributed by atoms with van der Waals surface area (Å²) in [5.41, 5.74) is 0. The van der Waals surface area contributed by atoms with Gasteiger partial charge in [-0.3, -0.25) is 0 Å². The molecule has 0 amide bonds. The van der Waals surface area contributed by atoms with Crippen molar-refractivity contribution in [3.8, 4) is 0 Å². The zero-order chi connectivity index (χ0) is 7.94. The van der Waals surface area contributed by atoms with Gasteiger partial charge >= 0.3 is 67.3 Å². The minimum atomic E-state index is -2.81. The van der Waals surface area contributed by atoms with Crippen LogP contribution >= 0.6 is 0 Å². The molecule has 1 spiro atoms. The summed E-state index contributed by atoms with van der Waals surface area (Å²) < 4.78 is 14.6. The molecule has 0 nitrogen and oxygen atoms in total. The van der Waals surface area contributed by atoms with Crippen molar-refractivity contribution < 1.29 is 6.65 Å². The molecule has 13 heavy (non-hydrogen) atoms. The monoisotopic (exact) mass is 210 g/mol. The molecule has 10 aliphatic rings. The summed E-state index contributed by atoms with van der Waals surface area (Å²) in [6.07, 6.45) is 0. The van der Waals surface area contributed by atoms with Crippen LogP contribution in [-0.2, 0) is 6.65 Å². The van der Waals surface area contributed by atoms with E-state index in [0.29, 0.717) is 0 Å². The van der Waals surface area contributed by atoms with Crippen molar-refractivity contribution in [2.45, 2.75) is 60.6 Å². The van der Waals surface area contributed by atoms with Crippen LogP contribution in [0.3, 0.4) is 0 Å². The molecule has 0 aromatic carbocycles. The molecule has 0 N–H and O–H groups in total. The molecule has 10 saturated heterocycles. The van der Waals surface area contributed by atoms with Crippen LogP contribution in [-0.4, -0.2) is 0 Å². The zero-order valence-corrected chi connectivity index (χ0v) is 9.30. The fourth-order valence-corrected chi connectivity index (χ4v) is 117. The van der Waals surface area contributed by atoms with E-state index < -0.39 is 6.65 Å². The van der Waals surface area contributed by atoms with Gasteiger partial charge in [-0.25, -0.2) is 0 Å². The molecule has 10 heterocycles. The Kier molecular flexibility index (Phi) is 0.0807. The standard InChI is InChI=1S/C7H9.C5H5.Cr/c1-6-4-3-5-7(6)2;1-2-4-5-3-1;/h3-5H,1-2H3;1-5H;. The molecule has 0 aliphatic carbocycles. The molecule has 0 aromatic rings. The molecule has 10 rings (SSSR count). The van der Waals surface area contributed by atoms with Gasteiger partial charge in [0.2, 0.25) is 0 Å². The van der Waals surface area contributed by atoms with Gasteiger partial charge in [0.15, 0.2) is 0 Å². The molecule has 0 bridgehead atoms. The van der Waals surface area contributed by atoms with E-state index in [2.05, 4.69) is 13.8 Å². The molecule has 10 fully saturated rings. The van der Waals surface area contributed by atoms with Crippen molar-refractivity contribution in [1.82, 2.24) is 0 Å². The summed E-state index contributed by atoms with van der Waals surface area (Å²) in [4.78, 5) is 0. The van der Waals surface area contributed by atoms with E-state index in [0.717, 1.165) is 8.55 Å².